The normalized spacial score (nSPS) is 17.3. The molecule has 1 aliphatic heterocycles. The summed E-state index contributed by atoms with van der Waals surface area (Å²) >= 11 is 0. The van der Waals surface area contributed by atoms with E-state index in [1.807, 2.05) is 0 Å². The number of benzene rings is 1. The summed E-state index contributed by atoms with van der Waals surface area (Å²) < 4.78 is 37.9. The van der Waals surface area contributed by atoms with Crippen molar-refractivity contribution in [3.05, 3.63) is 29.1 Å². The number of guanidine groups is 1. The lowest BCUT2D eigenvalue weighted by Crippen LogP contribution is -2.24. The van der Waals surface area contributed by atoms with Gasteiger partial charge in [0.2, 0.25) is 0 Å². The van der Waals surface area contributed by atoms with Gasteiger partial charge in [0, 0.05) is 5.56 Å². The van der Waals surface area contributed by atoms with E-state index in [4.69, 9.17) is 11.5 Å². The van der Waals surface area contributed by atoms with Crippen molar-refractivity contribution in [1.82, 2.24) is 0 Å². The second-order valence-electron chi connectivity index (χ2n) is 4.15. The molecule has 0 aliphatic carbocycles. The van der Waals surface area contributed by atoms with Crippen molar-refractivity contribution in [1.29, 1.82) is 0 Å². The monoisotopic (exact) mass is 314 g/mol. The molecule has 1 amide bonds. The van der Waals surface area contributed by atoms with Crippen LogP contribution in [0.15, 0.2) is 27.2 Å². The first-order valence-electron chi connectivity index (χ1n) is 5.57. The molecule has 4 N–H and O–H groups in total. The molecule has 0 radical (unpaired) electrons. The Bertz CT molecular complexity index is 782. The van der Waals surface area contributed by atoms with Crippen molar-refractivity contribution in [2.75, 3.05) is 12.9 Å². The Morgan fingerprint density at radius 2 is 2.05 bits per heavy atom. The molecule has 0 atom stereocenters. The fourth-order valence-electron chi connectivity index (χ4n) is 1.90. The van der Waals surface area contributed by atoms with E-state index in [1.54, 1.807) is 0 Å². The van der Waals surface area contributed by atoms with Gasteiger partial charge in [0.05, 0.1) is 10.5 Å². The predicted molar refractivity (Wildman–Crippen MR) is 72.1 cm³/mol. The maximum Gasteiger partial charge on any atom is 0.283 e. The van der Waals surface area contributed by atoms with E-state index in [0.717, 1.165) is 12.1 Å². The number of nitrogens with two attached hydrogens (primary N) is 2. The third-order valence-corrected chi connectivity index (χ3v) is 4.37. The molecule has 1 aliphatic rings. The Morgan fingerprint density at radius 3 is 2.62 bits per heavy atom. The lowest BCUT2D eigenvalue weighted by atomic mass is 10.1. The Labute approximate surface area is 119 Å². The zero-order chi connectivity index (χ0) is 15.8. The molecule has 0 aromatic heterocycles. The quantitative estimate of drug-likeness (QED) is 0.323. The first kappa shape index (κ1) is 14.9. The molecule has 1 heterocycles. The van der Waals surface area contributed by atoms with E-state index in [0.29, 0.717) is 0 Å². The fraction of sp³-hybridized carbons (Fsp3) is 0.182. The number of carbonyl (C=O) groups excluding carboxylic acids is 1. The minimum absolute atomic E-state index is 0.0515. The molecule has 0 fully saturated rings. The zero-order valence-electron chi connectivity index (χ0n) is 10.8. The average molecular weight is 314 g/mol. The van der Waals surface area contributed by atoms with Crippen LogP contribution in [0.25, 0.3) is 0 Å². The Hall–Kier alpha value is -2.49. The lowest BCUT2D eigenvalue weighted by Gasteiger charge is -2.03. The fourth-order valence-corrected chi connectivity index (χ4v) is 3.43. The number of hydrogen-bond donors (Lipinski definition) is 2. The van der Waals surface area contributed by atoms with Gasteiger partial charge in [-0.2, -0.15) is 4.99 Å². The second-order valence-corrected chi connectivity index (χ2v) is 6.11. The Balaban J connectivity index is 2.66. The van der Waals surface area contributed by atoms with Crippen molar-refractivity contribution in [3.63, 3.8) is 0 Å². The molecule has 10 heteroatoms. The Morgan fingerprint density at radius 1 is 1.38 bits per heavy atom. The van der Waals surface area contributed by atoms with E-state index in [9.17, 15) is 17.6 Å². The molecule has 21 heavy (non-hydrogen) atoms. The number of halogens is 1. The van der Waals surface area contributed by atoms with Crippen LogP contribution in [-0.4, -0.2) is 38.9 Å². The highest BCUT2D eigenvalue weighted by atomic mass is 32.2. The molecule has 112 valence electrons. The van der Waals surface area contributed by atoms with E-state index >= 15 is 0 Å². The maximum absolute atomic E-state index is 13.9. The number of aliphatic imine (C=N–C) groups is 1. The topological polar surface area (TPSA) is 137 Å². The summed E-state index contributed by atoms with van der Waals surface area (Å²) in [5, 5.41) is 3.54. The largest absolute Gasteiger partial charge is 0.399 e. The van der Waals surface area contributed by atoms with Crippen molar-refractivity contribution < 1.29 is 22.4 Å². The van der Waals surface area contributed by atoms with Crippen LogP contribution in [-0.2, 0) is 14.7 Å². The minimum atomic E-state index is -3.72. The van der Waals surface area contributed by atoms with Crippen LogP contribution >= 0.6 is 0 Å². The molecule has 0 saturated heterocycles. The second kappa shape index (κ2) is 5.13. The number of sulfone groups is 1. The van der Waals surface area contributed by atoms with Gasteiger partial charge in [-0.15, -0.1) is 0 Å². The molecule has 8 nitrogen and oxygen atoms in total. The molecule has 0 unspecified atom stereocenters. The third kappa shape index (κ3) is 2.70. The van der Waals surface area contributed by atoms with Crippen molar-refractivity contribution >= 4 is 27.4 Å². The molecule has 2 rings (SSSR count). The van der Waals surface area contributed by atoms with E-state index in [1.165, 1.54) is 7.11 Å². The number of oxime groups is 1. The van der Waals surface area contributed by atoms with Crippen LogP contribution in [0.2, 0.25) is 0 Å². The number of hydrogen-bond acceptors (Lipinski definition) is 5. The number of amides is 1. The van der Waals surface area contributed by atoms with Crippen LogP contribution in [0.5, 0.6) is 0 Å². The highest BCUT2D eigenvalue weighted by Gasteiger charge is 2.34. The molecule has 0 saturated carbocycles. The smallest absolute Gasteiger partial charge is 0.283 e. The van der Waals surface area contributed by atoms with Gasteiger partial charge in [0.25, 0.3) is 5.91 Å². The lowest BCUT2D eigenvalue weighted by molar-refractivity contribution is 0.0998. The van der Waals surface area contributed by atoms with Crippen LogP contribution in [0, 0.1) is 5.82 Å². The van der Waals surface area contributed by atoms with Crippen molar-refractivity contribution in [2.24, 2.45) is 21.6 Å². The first-order valence-corrected chi connectivity index (χ1v) is 7.22. The summed E-state index contributed by atoms with van der Waals surface area (Å²) in [6, 6.07) is 1.79. The molecular formula is C11H11FN4O4S. The van der Waals surface area contributed by atoms with Crippen LogP contribution in [0.3, 0.4) is 0 Å². The number of rotatable bonds is 2. The average Bonchev–Trinajstić information content (AvgIpc) is 2.59. The third-order valence-electron chi connectivity index (χ3n) is 2.70. The maximum atomic E-state index is 13.9. The predicted octanol–water partition coefficient (Wildman–Crippen LogP) is -0.623. The molecule has 0 spiro atoms. The Kier molecular flexibility index (Phi) is 3.64. The summed E-state index contributed by atoms with van der Waals surface area (Å²) in [5.41, 5.74) is 9.65. The van der Waals surface area contributed by atoms with Gasteiger partial charge >= 0.3 is 0 Å². The van der Waals surface area contributed by atoms with Gasteiger partial charge in [0.15, 0.2) is 15.8 Å². The summed E-state index contributed by atoms with van der Waals surface area (Å²) in [5.74, 6) is -3.01. The molecule has 1 aromatic rings. The van der Waals surface area contributed by atoms with Crippen LogP contribution in [0.1, 0.15) is 15.9 Å². The molecule has 0 bridgehead atoms. The first-order chi connectivity index (χ1) is 9.76. The van der Waals surface area contributed by atoms with E-state index in [-0.39, 0.29) is 16.2 Å². The van der Waals surface area contributed by atoms with Crippen LogP contribution < -0.4 is 11.5 Å². The summed E-state index contributed by atoms with van der Waals surface area (Å²) in [4.78, 5) is 19.1. The highest BCUT2D eigenvalue weighted by Crippen LogP contribution is 2.29. The summed E-state index contributed by atoms with van der Waals surface area (Å²) in [6.45, 7) is 0. The van der Waals surface area contributed by atoms with Gasteiger partial charge in [-0.3, -0.25) is 4.79 Å². The van der Waals surface area contributed by atoms with Gasteiger partial charge in [0.1, 0.15) is 24.4 Å². The van der Waals surface area contributed by atoms with Gasteiger partial charge in [-0.1, -0.05) is 5.16 Å². The van der Waals surface area contributed by atoms with Gasteiger partial charge in [-0.25, -0.2) is 12.8 Å². The number of nitrogens with zero attached hydrogens (tertiary/aromatic N) is 2. The SMILES string of the molecule is CON=C1CS(=O)(=O)c2cc(C(=O)N=C(N)N)c(F)cc21. The molecule has 1 aromatic carbocycles. The van der Waals surface area contributed by atoms with Crippen molar-refractivity contribution in [2.45, 2.75) is 4.90 Å². The summed E-state index contributed by atoms with van der Waals surface area (Å²) in [7, 11) is -2.48. The van der Waals surface area contributed by atoms with Crippen molar-refractivity contribution in [3.8, 4) is 0 Å². The number of fused-ring (bicyclic) bond motifs is 1. The van der Waals surface area contributed by atoms with E-state index in [2.05, 4.69) is 15.0 Å². The standard InChI is InChI=1S/C11H11FN4O4S/c1-20-16-8-4-21(18,19)9-3-5(7(12)2-6(8)9)10(17)15-11(13)14/h2-3H,4H2,1H3,(H4,13,14,15,17). The van der Waals surface area contributed by atoms with Gasteiger partial charge < -0.3 is 16.3 Å². The van der Waals surface area contributed by atoms with Gasteiger partial charge in [-0.05, 0) is 12.1 Å². The van der Waals surface area contributed by atoms with E-state index < -0.39 is 38.8 Å². The highest BCUT2D eigenvalue weighted by molar-refractivity contribution is 7.92. The number of carbonyl (C=O) groups is 1. The minimum Gasteiger partial charge on any atom is -0.399 e. The van der Waals surface area contributed by atoms with Crippen LogP contribution in [0.4, 0.5) is 4.39 Å². The zero-order valence-corrected chi connectivity index (χ0v) is 11.6. The molecular weight excluding hydrogens is 303 g/mol. The summed E-state index contributed by atoms with van der Waals surface area (Å²) in [6.07, 6.45) is 0.